The maximum atomic E-state index is 10.6. The van der Waals surface area contributed by atoms with Crippen LogP contribution in [0.1, 0.15) is 18.7 Å². The monoisotopic (exact) mass is 289 g/mol. The van der Waals surface area contributed by atoms with Gasteiger partial charge in [0.25, 0.3) is 0 Å². The van der Waals surface area contributed by atoms with Gasteiger partial charge in [0, 0.05) is 6.20 Å². The molecule has 0 radical (unpaired) electrons. The molecule has 0 bridgehead atoms. The van der Waals surface area contributed by atoms with Gasteiger partial charge in [-0.05, 0) is 38.1 Å². The summed E-state index contributed by atoms with van der Waals surface area (Å²) in [4.78, 5) is 4.38. The maximum Gasteiger partial charge on any atom is 0.145 e. The molecule has 1 aliphatic heterocycles. The van der Waals surface area contributed by atoms with Gasteiger partial charge in [0.1, 0.15) is 11.4 Å². The number of nitrogens with one attached hydrogen (secondary N) is 1. The third-order valence-corrected chi connectivity index (χ3v) is 3.29. The SMILES string of the molecule is Cl.Cl.OC1(c2ncc3ccccn23)CCNCC1. The molecule has 2 aromatic heterocycles. The number of hydrogen-bond donors (Lipinski definition) is 2. The Bertz CT molecular complexity index is 509. The summed E-state index contributed by atoms with van der Waals surface area (Å²) in [5, 5.41) is 13.9. The minimum Gasteiger partial charge on any atom is -0.382 e. The van der Waals surface area contributed by atoms with Crippen LogP contribution in [0.2, 0.25) is 0 Å². The highest BCUT2D eigenvalue weighted by atomic mass is 35.5. The van der Waals surface area contributed by atoms with E-state index in [9.17, 15) is 5.11 Å². The van der Waals surface area contributed by atoms with Crippen LogP contribution in [0.4, 0.5) is 0 Å². The Morgan fingerprint density at radius 1 is 1.22 bits per heavy atom. The summed E-state index contributed by atoms with van der Waals surface area (Å²) in [7, 11) is 0. The summed E-state index contributed by atoms with van der Waals surface area (Å²) in [6, 6.07) is 5.94. The second-order valence-electron chi connectivity index (χ2n) is 4.36. The van der Waals surface area contributed by atoms with Gasteiger partial charge in [-0.3, -0.25) is 0 Å². The lowest BCUT2D eigenvalue weighted by molar-refractivity contribution is -0.00294. The lowest BCUT2D eigenvalue weighted by atomic mass is 9.91. The van der Waals surface area contributed by atoms with E-state index in [1.165, 1.54) is 0 Å². The predicted octanol–water partition coefficient (Wildman–Crippen LogP) is 1.75. The van der Waals surface area contributed by atoms with Gasteiger partial charge in [-0.15, -0.1) is 24.8 Å². The number of aliphatic hydroxyl groups is 1. The molecule has 2 aromatic rings. The molecular weight excluding hydrogens is 273 g/mol. The molecule has 0 aliphatic carbocycles. The summed E-state index contributed by atoms with van der Waals surface area (Å²) in [5.41, 5.74) is 0.253. The zero-order chi connectivity index (χ0) is 11.0. The number of fused-ring (bicyclic) bond motifs is 1. The topological polar surface area (TPSA) is 49.6 Å². The maximum absolute atomic E-state index is 10.6. The minimum absolute atomic E-state index is 0. The fraction of sp³-hybridized carbons (Fsp3) is 0.417. The Morgan fingerprint density at radius 2 is 1.94 bits per heavy atom. The van der Waals surface area contributed by atoms with Crippen LogP contribution in [0, 0.1) is 0 Å². The number of piperidine rings is 1. The molecule has 18 heavy (non-hydrogen) atoms. The number of nitrogens with zero attached hydrogens (tertiary/aromatic N) is 2. The van der Waals surface area contributed by atoms with Crippen molar-refractivity contribution in [2.75, 3.05) is 13.1 Å². The molecule has 100 valence electrons. The Kier molecular flexibility index (Phi) is 4.99. The molecule has 0 saturated carbocycles. The fourth-order valence-corrected chi connectivity index (χ4v) is 2.35. The van der Waals surface area contributed by atoms with Gasteiger partial charge in [-0.1, -0.05) is 6.07 Å². The third-order valence-electron chi connectivity index (χ3n) is 3.29. The van der Waals surface area contributed by atoms with E-state index in [2.05, 4.69) is 10.3 Å². The second kappa shape index (κ2) is 5.89. The summed E-state index contributed by atoms with van der Waals surface area (Å²) in [6.45, 7) is 1.69. The van der Waals surface area contributed by atoms with Gasteiger partial charge in [-0.25, -0.2) is 4.98 Å². The molecule has 0 aromatic carbocycles. The molecule has 6 heteroatoms. The first-order valence-electron chi connectivity index (χ1n) is 5.65. The first kappa shape index (κ1) is 15.2. The van der Waals surface area contributed by atoms with Crippen LogP contribution in [0.5, 0.6) is 0 Å². The molecule has 1 aliphatic rings. The smallest absolute Gasteiger partial charge is 0.145 e. The normalized spacial score (nSPS) is 17.8. The summed E-state index contributed by atoms with van der Waals surface area (Å²) in [6.07, 6.45) is 5.22. The molecule has 3 rings (SSSR count). The van der Waals surface area contributed by atoms with Gasteiger partial charge < -0.3 is 14.8 Å². The Morgan fingerprint density at radius 3 is 2.67 bits per heavy atom. The van der Waals surface area contributed by atoms with E-state index in [1.807, 2.05) is 35.0 Å². The first-order chi connectivity index (χ1) is 7.80. The van der Waals surface area contributed by atoms with Crippen LogP contribution in [0.25, 0.3) is 5.52 Å². The fourth-order valence-electron chi connectivity index (χ4n) is 2.35. The number of hydrogen-bond acceptors (Lipinski definition) is 3. The summed E-state index contributed by atoms with van der Waals surface area (Å²) in [5.74, 6) is 0.768. The second-order valence-corrected chi connectivity index (χ2v) is 4.36. The number of aromatic nitrogens is 2. The number of halogens is 2. The van der Waals surface area contributed by atoms with Crippen molar-refractivity contribution < 1.29 is 5.11 Å². The molecule has 0 atom stereocenters. The third kappa shape index (κ3) is 2.47. The highest BCUT2D eigenvalue weighted by Gasteiger charge is 2.34. The van der Waals surface area contributed by atoms with E-state index in [4.69, 9.17) is 0 Å². The molecule has 1 fully saturated rings. The number of imidazole rings is 1. The first-order valence-corrected chi connectivity index (χ1v) is 5.65. The van der Waals surface area contributed by atoms with Crippen LogP contribution >= 0.6 is 24.8 Å². The van der Waals surface area contributed by atoms with Crippen molar-refractivity contribution in [1.82, 2.24) is 14.7 Å². The zero-order valence-corrected chi connectivity index (χ0v) is 11.5. The van der Waals surface area contributed by atoms with E-state index in [1.54, 1.807) is 0 Å². The highest BCUT2D eigenvalue weighted by molar-refractivity contribution is 5.85. The number of rotatable bonds is 1. The van der Waals surface area contributed by atoms with Crippen molar-refractivity contribution in [3.8, 4) is 0 Å². The van der Waals surface area contributed by atoms with Crippen LogP contribution in [0.3, 0.4) is 0 Å². The molecule has 4 nitrogen and oxygen atoms in total. The molecule has 0 amide bonds. The van der Waals surface area contributed by atoms with E-state index in [0.29, 0.717) is 0 Å². The van der Waals surface area contributed by atoms with Crippen molar-refractivity contribution in [1.29, 1.82) is 0 Å². The standard InChI is InChI=1S/C12H15N3O.2ClH/c16-12(4-6-13-7-5-12)11-14-9-10-3-1-2-8-15(10)11;;/h1-3,8-9,13,16H,4-7H2;2*1H. The lowest BCUT2D eigenvalue weighted by Crippen LogP contribution is -2.41. The van der Waals surface area contributed by atoms with Gasteiger partial charge >= 0.3 is 0 Å². The van der Waals surface area contributed by atoms with Gasteiger partial charge in [-0.2, -0.15) is 0 Å². The molecular formula is C12H17Cl2N3O. The molecule has 3 heterocycles. The average Bonchev–Trinajstić information content (AvgIpc) is 2.74. The largest absolute Gasteiger partial charge is 0.382 e. The van der Waals surface area contributed by atoms with Crippen LogP contribution in [-0.4, -0.2) is 27.6 Å². The quantitative estimate of drug-likeness (QED) is 0.841. The van der Waals surface area contributed by atoms with Gasteiger partial charge in [0.05, 0.1) is 11.7 Å². The molecule has 1 saturated heterocycles. The van der Waals surface area contributed by atoms with E-state index < -0.39 is 5.60 Å². The molecule has 2 N–H and O–H groups in total. The average molecular weight is 290 g/mol. The lowest BCUT2D eigenvalue weighted by Gasteiger charge is -2.31. The number of pyridine rings is 1. The molecule has 0 unspecified atom stereocenters. The zero-order valence-electron chi connectivity index (χ0n) is 9.87. The Balaban J connectivity index is 0.000000810. The van der Waals surface area contributed by atoms with Gasteiger partial charge in [0.15, 0.2) is 0 Å². The van der Waals surface area contributed by atoms with Crippen molar-refractivity contribution in [3.05, 3.63) is 36.4 Å². The van der Waals surface area contributed by atoms with E-state index in [-0.39, 0.29) is 24.8 Å². The van der Waals surface area contributed by atoms with Crippen molar-refractivity contribution >= 4 is 30.3 Å². The van der Waals surface area contributed by atoms with Crippen molar-refractivity contribution in [2.24, 2.45) is 0 Å². The van der Waals surface area contributed by atoms with Crippen LogP contribution < -0.4 is 5.32 Å². The molecule has 0 spiro atoms. The summed E-state index contributed by atoms with van der Waals surface area (Å²) < 4.78 is 1.98. The van der Waals surface area contributed by atoms with Crippen molar-refractivity contribution in [2.45, 2.75) is 18.4 Å². The predicted molar refractivity (Wildman–Crippen MR) is 75.7 cm³/mol. The Hall–Kier alpha value is -0.810. The van der Waals surface area contributed by atoms with E-state index >= 15 is 0 Å². The minimum atomic E-state index is -0.779. The van der Waals surface area contributed by atoms with E-state index in [0.717, 1.165) is 37.3 Å². The van der Waals surface area contributed by atoms with Crippen LogP contribution in [-0.2, 0) is 5.60 Å². The highest BCUT2D eigenvalue weighted by Crippen LogP contribution is 2.29. The van der Waals surface area contributed by atoms with Crippen molar-refractivity contribution in [3.63, 3.8) is 0 Å². The Labute approximate surface area is 118 Å². The van der Waals surface area contributed by atoms with Crippen LogP contribution in [0.15, 0.2) is 30.6 Å². The van der Waals surface area contributed by atoms with Gasteiger partial charge in [0.2, 0.25) is 0 Å². The summed E-state index contributed by atoms with van der Waals surface area (Å²) >= 11 is 0.